The van der Waals surface area contributed by atoms with Gasteiger partial charge in [-0.25, -0.2) is 14.4 Å². The van der Waals surface area contributed by atoms with Crippen LogP contribution >= 0.6 is 0 Å². The molecule has 0 saturated carbocycles. The number of hydrogen-bond donors (Lipinski definition) is 3. The zero-order valence-corrected chi connectivity index (χ0v) is 17.0. The van der Waals surface area contributed by atoms with Crippen LogP contribution in [-0.2, 0) is 14.3 Å². The molecule has 9 nitrogen and oxygen atoms in total. The molecule has 1 heterocycles. The van der Waals surface area contributed by atoms with E-state index in [9.17, 15) is 19.5 Å². The van der Waals surface area contributed by atoms with E-state index < -0.39 is 24.0 Å². The number of ether oxygens (including phenoxy) is 3. The van der Waals surface area contributed by atoms with Crippen LogP contribution in [0.3, 0.4) is 0 Å². The van der Waals surface area contributed by atoms with Crippen LogP contribution in [0, 0.1) is 0 Å². The van der Waals surface area contributed by atoms with Crippen LogP contribution in [0.4, 0.5) is 4.79 Å². The van der Waals surface area contributed by atoms with Gasteiger partial charge in [-0.2, -0.15) is 0 Å². The van der Waals surface area contributed by atoms with E-state index in [-0.39, 0.29) is 35.8 Å². The van der Waals surface area contributed by atoms with Crippen molar-refractivity contribution in [2.45, 2.75) is 13.0 Å². The van der Waals surface area contributed by atoms with Gasteiger partial charge in [-0.15, -0.1) is 0 Å². The summed E-state index contributed by atoms with van der Waals surface area (Å²) in [5, 5.41) is 14.8. The van der Waals surface area contributed by atoms with Gasteiger partial charge in [-0.05, 0) is 42.8 Å². The van der Waals surface area contributed by atoms with E-state index in [0.29, 0.717) is 11.3 Å². The Bertz CT molecular complexity index is 1010. The summed E-state index contributed by atoms with van der Waals surface area (Å²) in [6.07, 6.45) is 0. The van der Waals surface area contributed by atoms with Crippen LogP contribution in [-0.4, -0.2) is 43.4 Å². The van der Waals surface area contributed by atoms with Crippen LogP contribution in [0.25, 0.3) is 0 Å². The summed E-state index contributed by atoms with van der Waals surface area (Å²) in [7, 11) is 1.53. The number of methoxy groups -OCH3 is 1. The Balaban J connectivity index is 1.92. The van der Waals surface area contributed by atoms with Crippen molar-refractivity contribution >= 4 is 18.0 Å². The Morgan fingerprint density at radius 1 is 1.06 bits per heavy atom. The van der Waals surface area contributed by atoms with Crippen molar-refractivity contribution in [3.05, 3.63) is 70.9 Å². The van der Waals surface area contributed by atoms with Gasteiger partial charge in [0.1, 0.15) is 18.1 Å². The van der Waals surface area contributed by atoms with Gasteiger partial charge in [-0.1, -0.05) is 18.2 Å². The van der Waals surface area contributed by atoms with Gasteiger partial charge in [0.15, 0.2) is 0 Å². The van der Waals surface area contributed by atoms with Gasteiger partial charge in [-0.3, -0.25) is 0 Å². The number of aromatic hydroxyl groups is 1. The van der Waals surface area contributed by atoms with Crippen molar-refractivity contribution in [3.8, 4) is 11.5 Å². The van der Waals surface area contributed by atoms with Gasteiger partial charge < -0.3 is 30.0 Å². The molecule has 1 unspecified atom stereocenters. The predicted octanol–water partition coefficient (Wildman–Crippen LogP) is 2.43. The van der Waals surface area contributed by atoms with Gasteiger partial charge in [0.2, 0.25) is 0 Å². The standard InChI is InChI=1S/C22H22N2O7/c1-3-30-21(27)18-17(12-31-20(26)14-5-4-6-15(25)11-14)23-22(28)24-19(18)13-7-9-16(29-2)10-8-13/h4-11,19,25H,3,12H2,1-2H3,(H2,23,24,28). The van der Waals surface area contributed by atoms with Gasteiger partial charge in [0, 0.05) is 0 Å². The maximum absolute atomic E-state index is 12.7. The fourth-order valence-corrected chi connectivity index (χ4v) is 3.08. The maximum Gasteiger partial charge on any atom is 0.338 e. The van der Waals surface area contributed by atoms with Gasteiger partial charge in [0.05, 0.1) is 36.6 Å². The zero-order valence-electron chi connectivity index (χ0n) is 17.0. The summed E-state index contributed by atoms with van der Waals surface area (Å²) in [6.45, 7) is 1.42. The van der Waals surface area contributed by atoms with E-state index >= 15 is 0 Å². The topological polar surface area (TPSA) is 123 Å². The highest BCUT2D eigenvalue weighted by molar-refractivity contribution is 5.95. The third-order valence-corrected chi connectivity index (χ3v) is 4.53. The number of rotatable bonds is 7. The average molecular weight is 426 g/mol. The van der Waals surface area contributed by atoms with E-state index in [2.05, 4.69) is 10.6 Å². The largest absolute Gasteiger partial charge is 0.508 e. The summed E-state index contributed by atoms with van der Waals surface area (Å²) in [5.41, 5.74) is 0.979. The normalized spacial score (nSPS) is 15.5. The summed E-state index contributed by atoms with van der Waals surface area (Å²) >= 11 is 0. The molecule has 3 N–H and O–H groups in total. The molecule has 0 bridgehead atoms. The Hall–Kier alpha value is -4.01. The smallest absolute Gasteiger partial charge is 0.338 e. The van der Waals surface area contributed by atoms with Gasteiger partial charge in [0.25, 0.3) is 0 Å². The van der Waals surface area contributed by atoms with E-state index in [4.69, 9.17) is 14.2 Å². The molecule has 1 aliphatic rings. The molecule has 2 amide bonds. The zero-order chi connectivity index (χ0) is 22.4. The van der Waals surface area contributed by atoms with Crippen molar-refractivity contribution in [1.82, 2.24) is 10.6 Å². The van der Waals surface area contributed by atoms with Crippen molar-refractivity contribution in [2.75, 3.05) is 20.3 Å². The molecule has 0 aromatic heterocycles. The lowest BCUT2D eigenvalue weighted by molar-refractivity contribution is -0.139. The molecule has 0 aliphatic carbocycles. The van der Waals surface area contributed by atoms with E-state index in [1.54, 1.807) is 31.2 Å². The molecule has 1 aliphatic heterocycles. The van der Waals surface area contributed by atoms with E-state index in [1.165, 1.54) is 31.4 Å². The Morgan fingerprint density at radius 2 is 1.81 bits per heavy atom. The highest BCUT2D eigenvalue weighted by Gasteiger charge is 2.34. The number of carbonyl (C=O) groups excluding carboxylic acids is 3. The Labute approximate surface area is 178 Å². The molecule has 31 heavy (non-hydrogen) atoms. The van der Waals surface area contributed by atoms with Crippen molar-refractivity contribution < 1.29 is 33.7 Å². The minimum absolute atomic E-state index is 0.0874. The number of phenolic OH excluding ortho intramolecular Hbond substituents is 1. The first kappa shape index (κ1) is 21.7. The fraction of sp³-hybridized carbons (Fsp3) is 0.227. The highest BCUT2D eigenvalue weighted by Crippen LogP contribution is 2.29. The molecule has 162 valence electrons. The van der Waals surface area contributed by atoms with Crippen LogP contribution in [0.1, 0.15) is 28.9 Å². The lowest BCUT2D eigenvalue weighted by Crippen LogP contribution is -2.47. The molecule has 0 saturated heterocycles. The second-order valence-corrected chi connectivity index (χ2v) is 6.54. The Morgan fingerprint density at radius 3 is 2.45 bits per heavy atom. The van der Waals surface area contributed by atoms with Crippen molar-refractivity contribution in [1.29, 1.82) is 0 Å². The summed E-state index contributed by atoms with van der Waals surface area (Å²) < 4.78 is 15.6. The summed E-state index contributed by atoms with van der Waals surface area (Å²) in [4.78, 5) is 37.3. The third-order valence-electron chi connectivity index (χ3n) is 4.53. The molecule has 2 aromatic carbocycles. The third kappa shape index (κ3) is 5.13. The second-order valence-electron chi connectivity index (χ2n) is 6.54. The van der Waals surface area contributed by atoms with Gasteiger partial charge >= 0.3 is 18.0 Å². The van der Waals surface area contributed by atoms with Crippen LogP contribution < -0.4 is 15.4 Å². The first-order valence-corrected chi connectivity index (χ1v) is 9.50. The van der Waals surface area contributed by atoms with Crippen LogP contribution in [0.15, 0.2) is 59.8 Å². The Kier molecular flexibility index (Phi) is 6.76. The first-order chi connectivity index (χ1) is 14.9. The number of urea groups is 1. The average Bonchev–Trinajstić information content (AvgIpc) is 2.77. The summed E-state index contributed by atoms with van der Waals surface area (Å²) in [6, 6.07) is 11.1. The minimum Gasteiger partial charge on any atom is -0.508 e. The molecule has 3 rings (SSSR count). The number of phenols is 1. The number of hydrogen-bond acceptors (Lipinski definition) is 7. The lowest BCUT2D eigenvalue weighted by Gasteiger charge is -2.29. The number of benzene rings is 2. The lowest BCUT2D eigenvalue weighted by atomic mass is 9.95. The molecule has 0 spiro atoms. The molecular weight excluding hydrogens is 404 g/mol. The quantitative estimate of drug-likeness (QED) is 0.581. The SMILES string of the molecule is CCOC(=O)C1=C(COC(=O)c2cccc(O)c2)NC(=O)NC1c1ccc(OC)cc1. The predicted molar refractivity (Wildman–Crippen MR) is 109 cm³/mol. The van der Waals surface area contributed by atoms with Crippen LogP contribution in [0.2, 0.25) is 0 Å². The van der Waals surface area contributed by atoms with E-state index in [0.717, 1.165) is 0 Å². The number of amides is 2. The van der Waals surface area contributed by atoms with Crippen molar-refractivity contribution in [3.63, 3.8) is 0 Å². The van der Waals surface area contributed by atoms with E-state index in [1.807, 2.05) is 0 Å². The maximum atomic E-state index is 12.7. The minimum atomic E-state index is -0.812. The summed E-state index contributed by atoms with van der Waals surface area (Å²) in [5.74, 6) is -0.846. The molecule has 0 radical (unpaired) electrons. The van der Waals surface area contributed by atoms with Crippen LogP contribution in [0.5, 0.6) is 11.5 Å². The number of carbonyl (C=O) groups is 3. The van der Waals surface area contributed by atoms with Crippen molar-refractivity contribution in [2.24, 2.45) is 0 Å². The second kappa shape index (κ2) is 9.66. The number of nitrogens with one attached hydrogen (secondary N) is 2. The number of esters is 2. The molecule has 1 atom stereocenters. The monoisotopic (exact) mass is 426 g/mol. The fourth-order valence-electron chi connectivity index (χ4n) is 3.08. The molecule has 2 aromatic rings. The molecule has 0 fully saturated rings. The molecule has 9 heteroatoms. The highest BCUT2D eigenvalue weighted by atomic mass is 16.5. The molecular formula is C22H22N2O7. The first-order valence-electron chi connectivity index (χ1n) is 9.50.